The molecule has 0 aromatic heterocycles. The number of guanidine groups is 1. The van der Waals surface area contributed by atoms with Gasteiger partial charge in [0, 0.05) is 20.1 Å². The van der Waals surface area contributed by atoms with Crippen LogP contribution in [0, 0.1) is 0 Å². The van der Waals surface area contributed by atoms with Crippen LogP contribution in [-0.2, 0) is 4.79 Å². The van der Waals surface area contributed by atoms with Crippen LogP contribution < -0.4 is 20.1 Å². The summed E-state index contributed by atoms with van der Waals surface area (Å²) >= 11 is 0. The molecule has 0 bridgehead atoms. The van der Waals surface area contributed by atoms with Gasteiger partial charge in [0.1, 0.15) is 6.54 Å². The summed E-state index contributed by atoms with van der Waals surface area (Å²) in [6, 6.07) is 6.14. The Bertz CT molecular complexity index is 647. The van der Waals surface area contributed by atoms with Crippen LogP contribution in [0.15, 0.2) is 23.2 Å². The van der Waals surface area contributed by atoms with E-state index >= 15 is 0 Å². The number of carbonyl (C=O) groups is 1. The van der Waals surface area contributed by atoms with Gasteiger partial charge in [-0.05, 0) is 51.8 Å². The number of aliphatic imine (C=N–C) groups is 1. The fourth-order valence-electron chi connectivity index (χ4n) is 2.38. The minimum absolute atomic E-state index is 0.0281. The van der Waals surface area contributed by atoms with E-state index in [0.717, 1.165) is 23.5 Å². The lowest BCUT2D eigenvalue weighted by atomic mass is 10.1. The van der Waals surface area contributed by atoms with Gasteiger partial charge in [-0.3, -0.25) is 4.79 Å². The van der Waals surface area contributed by atoms with Crippen LogP contribution in [-0.4, -0.2) is 56.7 Å². The summed E-state index contributed by atoms with van der Waals surface area (Å²) in [6.07, 6.45) is 0.953. The van der Waals surface area contributed by atoms with Gasteiger partial charge in [0.05, 0.1) is 19.3 Å². The van der Waals surface area contributed by atoms with Gasteiger partial charge in [0.25, 0.3) is 0 Å². The third kappa shape index (κ3) is 7.66. The number of likely N-dealkylation sites (N-methyl/N-ethyl adjacent to an activating group) is 1. The minimum atomic E-state index is -0.0439. The lowest BCUT2D eigenvalue weighted by Crippen LogP contribution is -2.43. The fourth-order valence-corrected chi connectivity index (χ4v) is 2.38. The van der Waals surface area contributed by atoms with Crippen molar-refractivity contribution in [2.24, 2.45) is 4.99 Å². The molecule has 1 aromatic rings. The topological polar surface area (TPSA) is 75.2 Å². The maximum atomic E-state index is 11.9. The van der Waals surface area contributed by atoms with E-state index in [0.29, 0.717) is 19.2 Å². The molecule has 28 heavy (non-hydrogen) atoms. The summed E-state index contributed by atoms with van der Waals surface area (Å²) in [6.45, 7) is 11.4. The van der Waals surface area contributed by atoms with Gasteiger partial charge in [-0.2, -0.15) is 0 Å². The maximum absolute atomic E-state index is 11.9. The highest BCUT2D eigenvalue weighted by Crippen LogP contribution is 2.30. The molecule has 0 aliphatic carbocycles. The van der Waals surface area contributed by atoms with Gasteiger partial charge < -0.3 is 25.0 Å². The summed E-state index contributed by atoms with van der Waals surface area (Å²) in [5, 5.41) is 6.73. The Hall–Kier alpha value is -2.44. The Kier molecular flexibility index (Phi) is 10.2. The third-order valence-corrected chi connectivity index (χ3v) is 4.29. The van der Waals surface area contributed by atoms with E-state index in [-0.39, 0.29) is 24.5 Å². The summed E-state index contributed by atoms with van der Waals surface area (Å²) in [5.74, 6) is 2.04. The SMILES string of the molecule is CCOc1ccc(C(C)NC(=NCC(=O)N(C)C)NC(C)CC)cc1OCC. The average Bonchev–Trinajstić information content (AvgIpc) is 2.67. The van der Waals surface area contributed by atoms with E-state index in [1.54, 1.807) is 14.1 Å². The van der Waals surface area contributed by atoms with Crippen LogP contribution >= 0.6 is 0 Å². The number of benzene rings is 1. The Morgan fingerprint density at radius 3 is 2.29 bits per heavy atom. The zero-order chi connectivity index (χ0) is 21.1. The van der Waals surface area contributed by atoms with Crippen molar-refractivity contribution in [2.45, 2.75) is 53.1 Å². The van der Waals surface area contributed by atoms with Gasteiger partial charge in [0.15, 0.2) is 17.5 Å². The number of ether oxygens (including phenoxy) is 2. The highest BCUT2D eigenvalue weighted by atomic mass is 16.5. The zero-order valence-corrected chi connectivity index (χ0v) is 18.3. The van der Waals surface area contributed by atoms with Crippen molar-refractivity contribution in [3.8, 4) is 11.5 Å². The summed E-state index contributed by atoms with van der Waals surface area (Å²) in [5.41, 5.74) is 1.05. The van der Waals surface area contributed by atoms with E-state index < -0.39 is 0 Å². The predicted octanol–water partition coefficient (Wildman–Crippen LogP) is 2.97. The Morgan fingerprint density at radius 1 is 1.07 bits per heavy atom. The monoisotopic (exact) mass is 392 g/mol. The lowest BCUT2D eigenvalue weighted by Gasteiger charge is -2.22. The number of nitrogens with one attached hydrogen (secondary N) is 2. The molecule has 0 fully saturated rings. The van der Waals surface area contributed by atoms with Crippen molar-refractivity contribution >= 4 is 11.9 Å². The standard InChI is InChI=1S/C21H36N4O3/c1-8-15(4)23-21(22-14-20(26)25(6)7)24-16(5)17-11-12-18(27-9-2)19(13-17)28-10-3/h11-13,15-16H,8-10,14H2,1-7H3,(H2,22,23,24). The van der Waals surface area contributed by atoms with Crippen molar-refractivity contribution in [1.29, 1.82) is 0 Å². The average molecular weight is 393 g/mol. The van der Waals surface area contributed by atoms with E-state index in [1.165, 1.54) is 4.90 Å². The van der Waals surface area contributed by atoms with Gasteiger partial charge >= 0.3 is 0 Å². The van der Waals surface area contributed by atoms with Crippen LogP contribution in [0.2, 0.25) is 0 Å². The molecule has 7 heteroatoms. The summed E-state index contributed by atoms with van der Waals surface area (Å²) < 4.78 is 11.4. The number of hydrogen-bond donors (Lipinski definition) is 2. The molecule has 2 atom stereocenters. The van der Waals surface area contributed by atoms with Crippen molar-refractivity contribution in [3.05, 3.63) is 23.8 Å². The normalized spacial score (nSPS) is 13.5. The molecule has 2 unspecified atom stereocenters. The van der Waals surface area contributed by atoms with Crippen molar-refractivity contribution in [1.82, 2.24) is 15.5 Å². The Labute approximate surface area is 169 Å². The van der Waals surface area contributed by atoms with E-state index in [9.17, 15) is 4.79 Å². The smallest absolute Gasteiger partial charge is 0.243 e. The molecule has 2 N–H and O–H groups in total. The number of rotatable bonds is 10. The molecule has 0 saturated carbocycles. The highest BCUT2D eigenvalue weighted by molar-refractivity contribution is 5.85. The van der Waals surface area contributed by atoms with Crippen molar-refractivity contribution < 1.29 is 14.3 Å². The van der Waals surface area contributed by atoms with Gasteiger partial charge in [0.2, 0.25) is 5.91 Å². The fraction of sp³-hybridized carbons (Fsp3) is 0.619. The molecule has 0 heterocycles. The van der Waals surface area contributed by atoms with E-state index in [4.69, 9.17) is 9.47 Å². The third-order valence-electron chi connectivity index (χ3n) is 4.29. The van der Waals surface area contributed by atoms with Crippen molar-refractivity contribution in [2.75, 3.05) is 33.9 Å². The second-order valence-corrected chi connectivity index (χ2v) is 6.84. The first kappa shape index (κ1) is 23.6. The molecule has 0 aliphatic rings. The van der Waals surface area contributed by atoms with Crippen LogP contribution in [0.1, 0.15) is 52.6 Å². The lowest BCUT2D eigenvalue weighted by molar-refractivity contribution is -0.127. The maximum Gasteiger partial charge on any atom is 0.243 e. The van der Waals surface area contributed by atoms with Gasteiger partial charge in [-0.1, -0.05) is 13.0 Å². The van der Waals surface area contributed by atoms with Crippen molar-refractivity contribution in [3.63, 3.8) is 0 Å². The molecule has 0 aliphatic heterocycles. The first-order chi connectivity index (χ1) is 13.3. The van der Waals surface area contributed by atoms with E-state index in [1.807, 2.05) is 39.0 Å². The molecule has 158 valence electrons. The van der Waals surface area contributed by atoms with Gasteiger partial charge in [-0.25, -0.2) is 4.99 Å². The molecular weight excluding hydrogens is 356 g/mol. The molecule has 1 amide bonds. The molecular formula is C21H36N4O3. The molecule has 1 aromatic carbocycles. The summed E-state index contributed by atoms with van der Waals surface area (Å²) in [7, 11) is 3.45. The molecule has 0 saturated heterocycles. The Morgan fingerprint density at radius 2 is 1.71 bits per heavy atom. The number of amides is 1. The second-order valence-electron chi connectivity index (χ2n) is 6.84. The highest BCUT2D eigenvalue weighted by Gasteiger charge is 2.14. The van der Waals surface area contributed by atoms with Crippen LogP contribution in [0.25, 0.3) is 0 Å². The number of nitrogens with zero attached hydrogens (tertiary/aromatic N) is 2. The van der Waals surface area contributed by atoms with E-state index in [2.05, 4.69) is 29.5 Å². The zero-order valence-electron chi connectivity index (χ0n) is 18.3. The Balaban J connectivity index is 2.99. The second kappa shape index (κ2) is 12.1. The quantitative estimate of drug-likeness (QED) is 0.473. The summed E-state index contributed by atoms with van der Waals surface area (Å²) in [4.78, 5) is 17.9. The molecule has 0 spiro atoms. The molecule has 0 radical (unpaired) electrons. The first-order valence-electron chi connectivity index (χ1n) is 9.99. The molecule has 1 rings (SSSR count). The van der Waals surface area contributed by atoms with Crippen LogP contribution in [0.4, 0.5) is 0 Å². The van der Waals surface area contributed by atoms with Gasteiger partial charge in [-0.15, -0.1) is 0 Å². The molecule has 7 nitrogen and oxygen atoms in total. The predicted molar refractivity (Wildman–Crippen MR) is 114 cm³/mol. The minimum Gasteiger partial charge on any atom is -0.490 e. The van der Waals surface area contributed by atoms with Crippen LogP contribution in [0.5, 0.6) is 11.5 Å². The number of carbonyl (C=O) groups excluding carboxylic acids is 1. The largest absolute Gasteiger partial charge is 0.490 e. The number of hydrogen-bond acceptors (Lipinski definition) is 4. The first-order valence-corrected chi connectivity index (χ1v) is 9.99. The van der Waals surface area contributed by atoms with Crippen LogP contribution in [0.3, 0.4) is 0 Å².